The van der Waals surface area contributed by atoms with Crippen molar-refractivity contribution in [2.75, 3.05) is 70.7 Å². The lowest BCUT2D eigenvalue weighted by atomic mass is 10.0. The van der Waals surface area contributed by atoms with Crippen LogP contribution < -0.4 is 9.64 Å². The highest BCUT2D eigenvalue weighted by atomic mass is 19.1. The summed E-state index contributed by atoms with van der Waals surface area (Å²) in [5.74, 6) is -0.143. The highest BCUT2D eigenvalue weighted by Gasteiger charge is 2.41. The largest absolute Gasteiger partial charge is 0.474 e. The molecule has 2 fully saturated rings. The fourth-order valence-corrected chi connectivity index (χ4v) is 6.75. The first-order valence-electron chi connectivity index (χ1n) is 17.3. The Morgan fingerprint density at radius 3 is 2.51 bits per heavy atom. The number of anilines is 1. The zero-order valence-electron chi connectivity index (χ0n) is 29.7. The standard InChI is InChI=1S/C36H52FN5O7/c1-7-46-22-30-23-47-13-12-39(30)17-29-18-41(35(45)49-36(4,5)6)24(2)16-40(29)19-33(44)42-25(3)21-48-34-32(42)15-27(31(20-43)38-34)14-26-8-10-28(37)11-9-26/h8-11,15,24-25,29-30,43H,7,12-14,16-23H2,1-6H3/t24-,25+,29+,30-/m1/s1. The van der Waals surface area contributed by atoms with Gasteiger partial charge in [0.1, 0.15) is 23.7 Å². The Hall–Kier alpha value is -3.36. The minimum absolute atomic E-state index is 0.0676. The van der Waals surface area contributed by atoms with E-state index in [4.69, 9.17) is 18.9 Å². The summed E-state index contributed by atoms with van der Waals surface area (Å²) >= 11 is 0. The molecular formula is C36H52FN5O7. The number of halogens is 1. The minimum Gasteiger partial charge on any atom is -0.474 e. The second kappa shape index (κ2) is 16.1. The number of carbonyl (C=O) groups excluding carboxylic acids is 2. The molecule has 0 bridgehead atoms. The van der Waals surface area contributed by atoms with Crippen LogP contribution in [0.3, 0.4) is 0 Å². The number of morpholine rings is 1. The summed E-state index contributed by atoms with van der Waals surface area (Å²) in [6.07, 6.45) is 0.0423. The van der Waals surface area contributed by atoms with Crippen LogP contribution in [0.2, 0.25) is 0 Å². The lowest BCUT2D eigenvalue weighted by Crippen LogP contribution is -2.65. The van der Waals surface area contributed by atoms with E-state index in [0.717, 1.165) is 17.7 Å². The molecule has 270 valence electrons. The number of hydrogen-bond acceptors (Lipinski definition) is 10. The third-order valence-electron chi connectivity index (χ3n) is 9.26. The molecular weight excluding hydrogens is 633 g/mol. The average molecular weight is 686 g/mol. The molecule has 49 heavy (non-hydrogen) atoms. The molecule has 2 saturated heterocycles. The van der Waals surface area contributed by atoms with Gasteiger partial charge in [-0.2, -0.15) is 0 Å². The van der Waals surface area contributed by atoms with Crippen molar-refractivity contribution in [3.05, 3.63) is 53.0 Å². The van der Waals surface area contributed by atoms with Gasteiger partial charge >= 0.3 is 6.09 Å². The average Bonchev–Trinajstić information content (AvgIpc) is 3.05. The summed E-state index contributed by atoms with van der Waals surface area (Å²) in [7, 11) is 0. The zero-order chi connectivity index (χ0) is 35.3. The number of ether oxygens (including phenoxy) is 4. The van der Waals surface area contributed by atoms with E-state index in [0.29, 0.717) is 69.7 Å². The number of hydrogen-bond donors (Lipinski definition) is 1. The number of rotatable bonds is 10. The molecule has 4 atom stereocenters. The number of aromatic nitrogens is 1. The van der Waals surface area contributed by atoms with Gasteiger partial charge in [0.05, 0.1) is 50.7 Å². The monoisotopic (exact) mass is 685 g/mol. The fourth-order valence-electron chi connectivity index (χ4n) is 6.75. The molecule has 3 aliphatic rings. The molecule has 12 nitrogen and oxygen atoms in total. The Morgan fingerprint density at radius 1 is 1.06 bits per heavy atom. The molecule has 1 aromatic carbocycles. The van der Waals surface area contributed by atoms with Crippen LogP contribution in [0.4, 0.5) is 14.9 Å². The van der Waals surface area contributed by atoms with Gasteiger partial charge in [-0.15, -0.1) is 0 Å². The number of pyridine rings is 1. The van der Waals surface area contributed by atoms with Crippen molar-refractivity contribution in [3.63, 3.8) is 0 Å². The molecule has 13 heteroatoms. The van der Waals surface area contributed by atoms with Crippen LogP contribution in [0.1, 0.15) is 58.4 Å². The molecule has 1 aromatic heterocycles. The van der Waals surface area contributed by atoms with E-state index in [-0.39, 0.29) is 61.7 Å². The summed E-state index contributed by atoms with van der Waals surface area (Å²) in [5, 5.41) is 10.1. The number of carbonyl (C=O) groups is 2. The normalized spacial score (nSPS) is 23.6. The molecule has 2 amide bonds. The second-order valence-electron chi connectivity index (χ2n) is 14.3. The van der Waals surface area contributed by atoms with Gasteiger partial charge in [0.15, 0.2) is 0 Å². The number of fused-ring (bicyclic) bond motifs is 1. The Morgan fingerprint density at radius 2 is 1.82 bits per heavy atom. The van der Waals surface area contributed by atoms with Crippen molar-refractivity contribution in [1.82, 2.24) is 19.7 Å². The van der Waals surface area contributed by atoms with E-state index < -0.39 is 5.60 Å². The van der Waals surface area contributed by atoms with Crippen molar-refractivity contribution in [2.45, 2.75) is 84.3 Å². The van der Waals surface area contributed by atoms with Crippen LogP contribution in [-0.4, -0.2) is 132 Å². The van der Waals surface area contributed by atoms with Gasteiger partial charge in [-0.25, -0.2) is 14.2 Å². The smallest absolute Gasteiger partial charge is 0.410 e. The first-order valence-corrected chi connectivity index (χ1v) is 17.3. The molecule has 0 unspecified atom stereocenters. The number of aliphatic hydroxyl groups is 1. The van der Waals surface area contributed by atoms with Crippen molar-refractivity contribution in [2.24, 2.45) is 0 Å². The predicted molar refractivity (Wildman–Crippen MR) is 182 cm³/mol. The van der Waals surface area contributed by atoms with Gasteiger partial charge in [0.25, 0.3) is 0 Å². The van der Waals surface area contributed by atoms with E-state index in [2.05, 4.69) is 14.8 Å². The number of amides is 2. The lowest BCUT2D eigenvalue weighted by molar-refractivity contribution is -0.122. The van der Waals surface area contributed by atoms with Crippen LogP contribution in [-0.2, 0) is 32.0 Å². The third-order valence-corrected chi connectivity index (χ3v) is 9.26. The first kappa shape index (κ1) is 36.9. The van der Waals surface area contributed by atoms with Gasteiger partial charge < -0.3 is 33.9 Å². The number of nitrogens with zero attached hydrogens (tertiary/aromatic N) is 5. The molecule has 3 aliphatic heterocycles. The fraction of sp³-hybridized carbons (Fsp3) is 0.639. The Bertz CT molecular complexity index is 1440. The molecule has 1 N–H and O–H groups in total. The third kappa shape index (κ3) is 9.26. The molecule has 0 spiro atoms. The minimum atomic E-state index is -0.633. The maximum atomic E-state index is 14.4. The van der Waals surface area contributed by atoms with Gasteiger partial charge in [-0.05, 0) is 77.3 Å². The van der Waals surface area contributed by atoms with Crippen LogP contribution in [0.15, 0.2) is 30.3 Å². The molecule has 0 saturated carbocycles. The summed E-state index contributed by atoms with van der Waals surface area (Å²) in [4.78, 5) is 40.4. The van der Waals surface area contributed by atoms with Crippen LogP contribution >= 0.6 is 0 Å². The van der Waals surface area contributed by atoms with E-state index in [1.807, 2.05) is 47.6 Å². The molecule has 0 aliphatic carbocycles. The SMILES string of the molecule is CCOC[C@@H]1COCCN1C[C@H]1CN(C(=O)OC(C)(C)C)[C@H](C)CN1CC(=O)N1c2cc(Cc3ccc(F)cc3)c(CO)nc2OC[C@@H]1C. The highest BCUT2D eigenvalue weighted by molar-refractivity contribution is 5.97. The number of benzene rings is 1. The lowest BCUT2D eigenvalue weighted by Gasteiger charge is -2.48. The van der Waals surface area contributed by atoms with Gasteiger partial charge in [0.2, 0.25) is 11.8 Å². The predicted octanol–water partition coefficient (Wildman–Crippen LogP) is 3.46. The molecule has 4 heterocycles. The summed E-state index contributed by atoms with van der Waals surface area (Å²) in [5.41, 5.74) is 1.94. The van der Waals surface area contributed by atoms with Crippen molar-refractivity contribution >= 4 is 17.7 Å². The van der Waals surface area contributed by atoms with Crippen LogP contribution in [0, 0.1) is 5.82 Å². The van der Waals surface area contributed by atoms with E-state index in [9.17, 15) is 19.1 Å². The van der Waals surface area contributed by atoms with Gasteiger partial charge in [-0.1, -0.05) is 12.1 Å². The topological polar surface area (TPSA) is 117 Å². The first-order chi connectivity index (χ1) is 23.4. The summed E-state index contributed by atoms with van der Waals surface area (Å²) in [6, 6.07) is 7.51. The quantitative estimate of drug-likeness (QED) is 0.399. The van der Waals surface area contributed by atoms with Crippen LogP contribution in [0.25, 0.3) is 0 Å². The summed E-state index contributed by atoms with van der Waals surface area (Å²) < 4.78 is 36.9. The van der Waals surface area contributed by atoms with Crippen molar-refractivity contribution in [1.29, 1.82) is 0 Å². The zero-order valence-corrected chi connectivity index (χ0v) is 29.7. The Balaban J connectivity index is 1.41. The van der Waals surface area contributed by atoms with Crippen molar-refractivity contribution < 1.29 is 38.0 Å². The van der Waals surface area contributed by atoms with E-state index in [1.165, 1.54) is 12.1 Å². The number of piperazine rings is 1. The Kier molecular flexibility index (Phi) is 12.1. The van der Waals surface area contributed by atoms with Crippen LogP contribution in [0.5, 0.6) is 5.88 Å². The number of aliphatic hydroxyl groups excluding tert-OH is 1. The molecule has 0 radical (unpaired) electrons. The summed E-state index contributed by atoms with van der Waals surface area (Å²) in [6.45, 7) is 16.1. The molecule has 5 rings (SSSR count). The molecule has 2 aromatic rings. The maximum Gasteiger partial charge on any atom is 0.410 e. The highest BCUT2D eigenvalue weighted by Crippen LogP contribution is 2.35. The van der Waals surface area contributed by atoms with E-state index >= 15 is 0 Å². The van der Waals surface area contributed by atoms with Crippen molar-refractivity contribution in [3.8, 4) is 5.88 Å². The van der Waals surface area contributed by atoms with E-state index in [1.54, 1.807) is 21.9 Å². The van der Waals surface area contributed by atoms with Gasteiger partial charge in [-0.3, -0.25) is 14.6 Å². The Labute approximate surface area is 289 Å². The second-order valence-corrected chi connectivity index (χ2v) is 14.3. The van der Waals surface area contributed by atoms with Gasteiger partial charge in [0, 0.05) is 44.9 Å². The maximum absolute atomic E-state index is 14.4.